The quantitative estimate of drug-likeness (QED) is 0.789. The summed E-state index contributed by atoms with van der Waals surface area (Å²) in [5, 5.41) is 3.60. The van der Waals surface area contributed by atoms with Gasteiger partial charge in [-0.15, -0.1) is 0 Å². The molecule has 0 saturated heterocycles. The molecule has 1 spiro atoms. The Morgan fingerprint density at radius 3 is 2.95 bits per heavy atom. The summed E-state index contributed by atoms with van der Waals surface area (Å²) in [6.07, 6.45) is 9.38. The first-order chi connectivity index (χ1) is 10.3. The van der Waals surface area contributed by atoms with E-state index in [1.165, 1.54) is 16.7 Å². The Morgan fingerprint density at radius 1 is 1.24 bits per heavy atom. The Bertz CT molecular complexity index is 716. The first-order valence-electron chi connectivity index (χ1n) is 7.38. The minimum atomic E-state index is -0.237. The number of allylic oxidation sites excluding steroid dienone is 4. The molecule has 2 heterocycles. The van der Waals surface area contributed by atoms with Gasteiger partial charge in [0.2, 0.25) is 6.79 Å². The van der Waals surface area contributed by atoms with Crippen LogP contribution in [0.1, 0.15) is 29.2 Å². The van der Waals surface area contributed by atoms with Gasteiger partial charge in [0, 0.05) is 17.0 Å². The fourth-order valence-electron chi connectivity index (χ4n) is 4.15. The zero-order valence-electron chi connectivity index (χ0n) is 11.5. The number of ether oxygens (including phenoxy) is 2. The maximum atomic E-state index is 11.5. The minimum absolute atomic E-state index is 0.0541. The summed E-state index contributed by atoms with van der Waals surface area (Å²) in [7, 11) is 0. The Kier molecular flexibility index (Phi) is 2.08. The summed E-state index contributed by atoms with van der Waals surface area (Å²) in [5.74, 6) is 1.77. The zero-order chi connectivity index (χ0) is 14.0. The van der Waals surface area contributed by atoms with Crippen LogP contribution >= 0.6 is 0 Å². The summed E-state index contributed by atoms with van der Waals surface area (Å²) in [5.41, 5.74) is 3.67. The molecule has 0 fully saturated rings. The summed E-state index contributed by atoms with van der Waals surface area (Å²) >= 11 is 0. The van der Waals surface area contributed by atoms with Gasteiger partial charge in [-0.25, -0.2) is 0 Å². The van der Waals surface area contributed by atoms with Crippen LogP contribution in [0, 0.1) is 0 Å². The molecule has 4 heteroatoms. The third-order valence-corrected chi connectivity index (χ3v) is 5.02. The Labute approximate surface area is 122 Å². The number of carbonyl (C=O) groups excluding carboxylic acids is 1. The van der Waals surface area contributed by atoms with Crippen molar-refractivity contribution in [2.75, 3.05) is 13.3 Å². The smallest absolute Gasteiger partial charge is 0.231 e. The highest BCUT2D eigenvalue weighted by molar-refractivity contribution is 6.01. The molecule has 0 saturated carbocycles. The summed E-state index contributed by atoms with van der Waals surface area (Å²) in [4.78, 5) is 11.5. The fourth-order valence-corrected chi connectivity index (χ4v) is 4.15. The lowest BCUT2D eigenvalue weighted by Crippen LogP contribution is -2.28. The van der Waals surface area contributed by atoms with Crippen molar-refractivity contribution < 1.29 is 14.3 Å². The first-order valence-corrected chi connectivity index (χ1v) is 7.38. The van der Waals surface area contributed by atoms with Crippen LogP contribution in [0.2, 0.25) is 0 Å². The predicted molar refractivity (Wildman–Crippen MR) is 76.6 cm³/mol. The van der Waals surface area contributed by atoms with Crippen molar-refractivity contribution in [2.45, 2.75) is 24.3 Å². The number of ketones is 1. The molecule has 5 rings (SSSR count). The lowest BCUT2D eigenvalue weighted by atomic mass is 9.77. The second-order valence-electron chi connectivity index (χ2n) is 6.13. The predicted octanol–water partition coefficient (Wildman–Crippen LogP) is 1.94. The molecular weight excluding hydrogens is 266 g/mol. The maximum absolute atomic E-state index is 11.5. The van der Waals surface area contributed by atoms with Crippen molar-refractivity contribution in [3.05, 3.63) is 47.1 Å². The molecule has 1 N–H and O–H groups in total. The van der Waals surface area contributed by atoms with Gasteiger partial charge in [0.05, 0.1) is 0 Å². The molecule has 0 bridgehead atoms. The number of nitrogens with one attached hydrogen (secondary N) is 1. The van der Waals surface area contributed by atoms with E-state index in [2.05, 4.69) is 11.4 Å². The summed E-state index contributed by atoms with van der Waals surface area (Å²) in [6, 6.07) is 2.47. The number of fused-ring (bicyclic) bond motifs is 3. The molecule has 1 aromatic rings. The molecule has 21 heavy (non-hydrogen) atoms. The van der Waals surface area contributed by atoms with Gasteiger partial charge in [-0.3, -0.25) is 4.79 Å². The molecule has 106 valence electrons. The Balaban J connectivity index is 1.82. The van der Waals surface area contributed by atoms with Gasteiger partial charge >= 0.3 is 0 Å². The average Bonchev–Trinajstić information content (AvgIpc) is 3.07. The van der Waals surface area contributed by atoms with E-state index >= 15 is 0 Å². The van der Waals surface area contributed by atoms with E-state index in [9.17, 15) is 4.79 Å². The van der Waals surface area contributed by atoms with Crippen molar-refractivity contribution in [2.24, 2.45) is 0 Å². The van der Waals surface area contributed by atoms with Crippen LogP contribution < -0.4 is 14.8 Å². The molecule has 0 unspecified atom stereocenters. The van der Waals surface area contributed by atoms with E-state index in [1.807, 2.05) is 12.2 Å². The average molecular weight is 281 g/mol. The van der Waals surface area contributed by atoms with Gasteiger partial charge in [-0.2, -0.15) is 0 Å². The maximum Gasteiger partial charge on any atom is 0.231 e. The molecule has 2 aliphatic carbocycles. The van der Waals surface area contributed by atoms with Crippen LogP contribution in [0.5, 0.6) is 11.5 Å². The van der Waals surface area contributed by atoms with E-state index in [1.54, 1.807) is 12.2 Å². The van der Waals surface area contributed by atoms with Crippen LogP contribution in [0.15, 0.2) is 30.4 Å². The van der Waals surface area contributed by atoms with Crippen LogP contribution in [-0.4, -0.2) is 19.1 Å². The number of hydrogen-bond donors (Lipinski definition) is 1. The highest BCUT2D eigenvalue weighted by Crippen LogP contribution is 2.57. The van der Waals surface area contributed by atoms with E-state index in [-0.39, 0.29) is 18.0 Å². The van der Waals surface area contributed by atoms with E-state index in [4.69, 9.17) is 9.47 Å². The third-order valence-electron chi connectivity index (χ3n) is 5.02. The van der Waals surface area contributed by atoms with E-state index < -0.39 is 0 Å². The van der Waals surface area contributed by atoms with Crippen molar-refractivity contribution in [3.63, 3.8) is 0 Å². The number of benzene rings is 1. The van der Waals surface area contributed by atoms with Crippen LogP contribution in [0.4, 0.5) is 0 Å². The van der Waals surface area contributed by atoms with Crippen LogP contribution in [0.25, 0.3) is 0 Å². The SMILES string of the molecule is O=C1C=CC2(C=C1)C[C@H]1NCCc3cc4c(c2c31)OCO4. The number of carbonyl (C=O) groups is 1. The molecule has 4 aliphatic rings. The summed E-state index contributed by atoms with van der Waals surface area (Å²) < 4.78 is 11.4. The topological polar surface area (TPSA) is 47.6 Å². The van der Waals surface area contributed by atoms with Crippen LogP contribution in [-0.2, 0) is 16.6 Å². The van der Waals surface area contributed by atoms with Gasteiger partial charge < -0.3 is 14.8 Å². The van der Waals surface area contributed by atoms with Gasteiger partial charge in [-0.1, -0.05) is 12.2 Å². The highest BCUT2D eigenvalue weighted by Gasteiger charge is 2.47. The Morgan fingerprint density at radius 2 is 2.10 bits per heavy atom. The van der Waals surface area contributed by atoms with Crippen molar-refractivity contribution in [1.82, 2.24) is 5.32 Å². The molecule has 1 aromatic carbocycles. The largest absolute Gasteiger partial charge is 0.454 e. The van der Waals surface area contributed by atoms with Crippen LogP contribution in [0.3, 0.4) is 0 Å². The first kappa shape index (κ1) is 11.6. The summed E-state index contributed by atoms with van der Waals surface area (Å²) in [6.45, 7) is 1.27. The van der Waals surface area contributed by atoms with Gasteiger partial charge in [0.1, 0.15) is 0 Å². The van der Waals surface area contributed by atoms with Crippen molar-refractivity contribution in [3.8, 4) is 11.5 Å². The molecule has 2 aliphatic heterocycles. The normalized spacial score (nSPS) is 26.5. The number of hydrogen-bond acceptors (Lipinski definition) is 4. The van der Waals surface area contributed by atoms with Crippen molar-refractivity contribution in [1.29, 1.82) is 0 Å². The standard InChI is InChI=1S/C17H15NO3/c19-11-1-4-17(5-2-11)8-12-14-10(3-6-18-12)7-13-16(15(14)17)21-9-20-13/h1-2,4-5,7,12,18H,3,6,8-9H2/t12-/m1/s1. The number of rotatable bonds is 0. The fraction of sp³-hybridized carbons (Fsp3) is 0.353. The molecule has 1 atom stereocenters. The van der Waals surface area contributed by atoms with Crippen molar-refractivity contribution >= 4 is 5.78 Å². The monoisotopic (exact) mass is 281 g/mol. The molecule has 4 nitrogen and oxygen atoms in total. The lowest BCUT2D eigenvalue weighted by molar-refractivity contribution is -0.110. The molecule has 0 aromatic heterocycles. The van der Waals surface area contributed by atoms with E-state index in [0.29, 0.717) is 6.04 Å². The molecule has 0 amide bonds. The third kappa shape index (κ3) is 1.40. The van der Waals surface area contributed by atoms with Gasteiger partial charge in [0.25, 0.3) is 0 Å². The zero-order valence-corrected chi connectivity index (χ0v) is 11.5. The van der Waals surface area contributed by atoms with Gasteiger partial charge in [-0.05, 0) is 48.7 Å². The van der Waals surface area contributed by atoms with Gasteiger partial charge in [0.15, 0.2) is 17.3 Å². The second-order valence-corrected chi connectivity index (χ2v) is 6.13. The molecular formula is C17H15NO3. The Hall–Kier alpha value is -2.07. The minimum Gasteiger partial charge on any atom is -0.454 e. The second kappa shape index (κ2) is 3.77. The lowest BCUT2D eigenvalue weighted by Gasteiger charge is -2.26. The molecule has 0 radical (unpaired) electrons. The highest BCUT2D eigenvalue weighted by atomic mass is 16.7. The van der Waals surface area contributed by atoms with E-state index in [0.717, 1.165) is 30.9 Å².